The summed E-state index contributed by atoms with van der Waals surface area (Å²) in [7, 11) is 0. The number of halogens is 1. The minimum atomic E-state index is -0.583. The van der Waals surface area contributed by atoms with Crippen molar-refractivity contribution in [2.45, 2.75) is 6.92 Å². The molecule has 0 aliphatic rings. The van der Waals surface area contributed by atoms with E-state index in [1.807, 2.05) is 6.92 Å². The van der Waals surface area contributed by atoms with Crippen LogP contribution < -0.4 is 5.73 Å². The van der Waals surface area contributed by atoms with Gasteiger partial charge in [0.1, 0.15) is 11.5 Å². The summed E-state index contributed by atoms with van der Waals surface area (Å²) < 4.78 is 13.3. The fourth-order valence-corrected chi connectivity index (χ4v) is 1.46. The molecule has 0 aliphatic carbocycles. The second-order valence-electron chi connectivity index (χ2n) is 3.20. The van der Waals surface area contributed by atoms with Crippen molar-refractivity contribution in [3.05, 3.63) is 35.3 Å². The Hall–Kier alpha value is -1.84. The topological polar surface area (TPSA) is 58.9 Å². The lowest BCUT2D eigenvalue weighted by Crippen LogP contribution is -2.10. The molecule has 0 saturated carbocycles. The second kappa shape index (κ2) is 2.83. The second-order valence-corrected chi connectivity index (χ2v) is 3.20. The molecule has 0 aliphatic heterocycles. The highest BCUT2D eigenvalue weighted by Crippen LogP contribution is 2.21. The fourth-order valence-electron chi connectivity index (χ4n) is 1.46. The number of hydrogen-bond donors (Lipinski definition) is 2. The molecule has 1 aromatic heterocycles. The largest absolute Gasteiger partial charge is 0.364 e. The summed E-state index contributed by atoms with van der Waals surface area (Å²) in [6.07, 6.45) is 0. The smallest absolute Gasteiger partial charge is 0.265 e. The quantitative estimate of drug-likeness (QED) is 0.710. The van der Waals surface area contributed by atoms with Crippen molar-refractivity contribution in [1.29, 1.82) is 0 Å². The molecule has 3 N–H and O–H groups in total. The molecule has 1 heterocycles. The molecular weight excluding hydrogens is 183 g/mol. The van der Waals surface area contributed by atoms with Gasteiger partial charge in [0.15, 0.2) is 0 Å². The number of aromatic amines is 1. The van der Waals surface area contributed by atoms with E-state index < -0.39 is 5.91 Å². The van der Waals surface area contributed by atoms with Crippen molar-refractivity contribution in [2.75, 3.05) is 0 Å². The SMILES string of the molecule is Cc1ccc(F)c2cc(C(N)=O)[nH]c12. The normalized spacial score (nSPS) is 10.7. The van der Waals surface area contributed by atoms with Crippen LogP contribution in [0.2, 0.25) is 0 Å². The Morgan fingerprint density at radius 1 is 1.50 bits per heavy atom. The van der Waals surface area contributed by atoms with Crippen LogP contribution in [0.1, 0.15) is 16.1 Å². The standard InChI is InChI=1S/C10H9FN2O/c1-5-2-3-7(11)6-4-8(10(12)14)13-9(5)6/h2-4,13H,1H3,(H2,12,14). The number of aromatic nitrogens is 1. The van der Waals surface area contributed by atoms with Crippen molar-refractivity contribution in [1.82, 2.24) is 4.98 Å². The van der Waals surface area contributed by atoms with E-state index in [4.69, 9.17) is 5.73 Å². The number of benzene rings is 1. The maximum Gasteiger partial charge on any atom is 0.265 e. The molecule has 4 heteroatoms. The number of nitrogens with two attached hydrogens (primary N) is 1. The molecule has 1 aromatic carbocycles. The predicted molar refractivity (Wildman–Crippen MR) is 51.5 cm³/mol. The van der Waals surface area contributed by atoms with Crippen molar-refractivity contribution in [3.63, 3.8) is 0 Å². The zero-order chi connectivity index (χ0) is 10.3. The molecule has 2 aromatic rings. The van der Waals surface area contributed by atoms with Gasteiger partial charge in [0.25, 0.3) is 5.91 Å². The average Bonchev–Trinajstić information content (AvgIpc) is 2.57. The zero-order valence-electron chi connectivity index (χ0n) is 7.60. The van der Waals surface area contributed by atoms with Crippen molar-refractivity contribution in [2.24, 2.45) is 5.73 Å². The number of nitrogens with one attached hydrogen (secondary N) is 1. The number of carbonyl (C=O) groups excluding carboxylic acids is 1. The molecule has 0 bridgehead atoms. The number of H-pyrrole nitrogens is 1. The van der Waals surface area contributed by atoms with Gasteiger partial charge in [0, 0.05) is 5.39 Å². The lowest BCUT2D eigenvalue weighted by molar-refractivity contribution is 0.0996. The Morgan fingerprint density at radius 2 is 2.21 bits per heavy atom. The Kier molecular flexibility index (Phi) is 1.77. The van der Waals surface area contributed by atoms with Gasteiger partial charge in [-0.1, -0.05) is 6.07 Å². The lowest BCUT2D eigenvalue weighted by Gasteiger charge is -1.95. The number of amides is 1. The number of primary amides is 1. The first kappa shape index (κ1) is 8.74. The molecule has 1 amide bonds. The predicted octanol–water partition coefficient (Wildman–Crippen LogP) is 1.71. The molecule has 0 radical (unpaired) electrons. The van der Waals surface area contributed by atoms with E-state index in [1.54, 1.807) is 6.07 Å². The van der Waals surface area contributed by atoms with Gasteiger partial charge < -0.3 is 10.7 Å². The van der Waals surface area contributed by atoms with Crippen LogP contribution in [0.3, 0.4) is 0 Å². The first-order valence-corrected chi connectivity index (χ1v) is 4.17. The first-order valence-electron chi connectivity index (χ1n) is 4.17. The molecule has 72 valence electrons. The summed E-state index contributed by atoms with van der Waals surface area (Å²) in [5.41, 5.74) is 6.82. The minimum Gasteiger partial charge on any atom is -0.364 e. The highest BCUT2D eigenvalue weighted by Gasteiger charge is 2.10. The highest BCUT2D eigenvalue weighted by atomic mass is 19.1. The van der Waals surface area contributed by atoms with Crippen molar-refractivity contribution < 1.29 is 9.18 Å². The van der Waals surface area contributed by atoms with Crippen LogP contribution in [0.15, 0.2) is 18.2 Å². The third kappa shape index (κ3) is 1.16. The summed E-state index contributed by atoms with van der Waals surface area (Å²) in [6.45, 7) is 1.84. The van der Waals surface area contributed by atoms with Crippen LogP contribution in [0.5, 0.6) is 0 Å². The zero-order valence-corrected chi connectivity index (χ0v) is 7.60. The fraction of sp³-hybridized carbons (Fsp3) is 0.100. The number of rotatable bonds is 1. The summed E-state index contributed by atoms with van der Waals surface area (Å²) in [5, 5.41) is 0.402. The molecular formula is C10H9FN2O. The van der Waals surface area contributed by atoms with E-state index >= 15 is 0 Å². The van der Waals surface area contributed by atoms with Gasteiger partial charge in [-0.05, 0) is 24.6 Å². The van der Waals surface area contributed by atoms with E-state index in [2.05, 4.69) is 4.98 Å². The average molecular weight is 192 g/mol. The van der Waals surface area contributed by atoms with Crippen LogP contribution >= 0.6 is 0 Å². The van der Waals surface area contributed by atoms with Crippen molar-refractivity contribution >= 4 is 16.8 Å². The number of aryl methyl sites for hydroxylation is 1. The Balaban J connectivity index is 2.82. The molecule has 14 heavy (non-hydrogen) atoms. The molecule has 2 rings (SSSR count). The van der Waals surface area contributed by atoms with E-state index in [0.717, 1.165) is 5.56 Å². The lowest BCUT2D eigenvalue weighted by atomic mass is 10.1. The summed E-state index contributed by atoms with van der Waals surface area (Å²) >= 11 is 0. The van der Waals surface area contributed by atoms with Gasteiger partial charge >= 0.3 is 0 Å². The number of carbonyl (C=O) groups is 1. The highest BCUT2D eigenvalue weighted by molar-refractivity contribution is 5.97. The van der Waals surface area contributed by atoms with Gasteiger partial charge in [-0.25, -0.2) is 4.39 Å². The molecule has 0 unspecified atom stereocenters. The molecule has 0 spiro atoms. The van der Waals surface area contributed by atoms with Gasteiger partial charge in [0.2, 0.25) is 0 Å². The summed E-state index contributed by atoms with van der Waals surface area (Å²) in [5.74, 6) is -0.936. The van der Waals surface area contributed by atoms with Gasteiger partial charge in [0.05, 0.1) is 5.52 Å². The van der Waals surface area contributed by atoms with Crippen molar-refractivity contribution in [3.8, 4) is 0 Å². The molecule has 3 nitrogen and oxygen atoms in total. The Morgan fingerprint density at radius 3 is 2.79 bits per heavy atom. The Bertz CT molecular complexity index is 477. The van der Waals surface area contributed by atoms with Crippen LogP contribution in [0, 0.1) is 12.7 Å². The van der Waals surface area contributed by atoms with Crippen LogP contribution in [-0.4, -0.2) is 10.9 Å². The van der Waals surface area contributed by atoms with E-state index in [-0.39, 0.29) is 11.5 Å². The van der Waals surface area contributed by atoms with Crippen LogP contribution in [0.4, 0.5) is 4.39 Å². The Labute approximate surface area is 79.7 Å². The van der Waals surface area contributed by atoms with Gasteiger partial charge in [-0.2, -0.15) is 0 Å². The number of hydrogen-bond acceptors (Lipinski definition) is 1. The van der Waals surface area contributed by atoms with Crippen LogP contribution in [-0.2, 0) is 0 Å². The van der Waals surface area contributed by atoms with E-state index in [1.165, 1.54) is 12.1 Å². The molecule has 0 fully saturated rings. The third-order valence-corrected chi connectivity index (χ3v) is 2.21. The maximum atomic E-state index is 13.3. The monoisotopic (exact) mass is 192 g/mol. The first-order chi connectivity index (χ1) is 6.59. The third-order valence-electron chi connectivity index (χ3n) is 2.21. The van der Waals surface area contributed by atoms with Crippen LogP contribution in [0.25, 0.3) is 10.9 Å². The van der Waals surface area contributed by atoms with E-state index in [0.29, 0.717) is 10.9 Å². The molecule has 0 atom stereocenters. The number of fused-ring (bicyclic) bond motifs is 1. The van der Waals surface area contributed by atoms with Gasteiger partial charge in [-0.15, -0.1) is 0 Å². The molecule has 0 saturated heterocycles. The summed E-state index contributed by atoms with van der Waals surface area (Å²) in [4.78, 5) is 13.7. The summed E-state index contributed by atoms with van der Waals surface area (Å²) in [6, 6.07) is 4.45. The van der Waals surface area contributed by atoms with E-state index in [9.17, 15) is 9.18 Å². The van der Waals surface area contributed by atoms with Gasteiger partial charge in [-0.3, -0.25) is 4.79 Å². The maximum absolute atomic E-state index is 13.3. The minimum absolute atomic E-state index is 0.230.